The van der Waals surface area contributed by atoms with Crippen LogP contribution >= 0.6 is 0 Å². The number of anilines is 1. The third kappa shape index (κ3) is 2.60. The maximum atomic E-state index is 11.8. The van der Waals surface area contributed by atoms with Crippen molar-refractivity contribution in [3.63, 3.8) is 0 Å². The highest BCUT2D eigenvalue weighted by molar-refractivity contribution is 7.92. The zero-order valence-corrected chi connectivity index (χ0v) is 9.48. The number of hydrogen-bond donors (Lipinski definition) is 3. The van der Waals surface area contributed by atoms with Crippen molar-refractivity contribution in [2.45, 2.75) is 11.5 Å². The minimum atomic E-state index is -3.72. The number of rotatable bonds is 4. The Balaban J connectivity index is 2.25. The molecule has 0 saturated heterocycles. The molecule has 0 aliphatic rings. The zero-order chi connectivity index (χ0) is 12.3. The lowest BCUT2D eigenvalue weighted by molar-refractivity contribution is 0.277. The van der Waals surface area contributed by atoms with Crippen LogP contribution in [-0.2, 0) is 16.6 Å². The van der Waals surface area contributed by atoms with Gasteiger partial charge in [0.2, 0.25) is 5.95 Å². The summed E-state index contributed by atoms with van der Waals surface area (Å²) in [6, 6.07) is 2.92. The zero-order valence-electron chi connectivity index (χ0n) is 8.66. The first kappa shape index (κ1) is 11.6. The summed E-state index contributed by atoms with van der Waals surface area (Å²) in [7, 11) is -3.72. The Kier molecular flexibility index (Phi) is 3.07. The number of aliphatic hydroxyl groups is 1. The van der Waals surface area contributed by atoms with Gasteiger partial charge in [0.05, 0.1) is 6.61 Å². The van der Waals surface area contributed by atoms with Crippen LogP contribution in [0.2, 0.25) is 0 Å². The Labute approximate surface area is 97.6 Å². The van der Waals surface area contributed by atoms with Gasteiger partial charge in [-0.1, -0.05) is 0 Å². The maximum absolute atomic E-state index is 11.8. The summed E-state index contributed by atoms with van der Waals surface area (Å²) < 4.78 is 25.9. The number of aromatic amines is 1. The maximum Gasteiger partial charge on any atom is 0.265 e. The van der Waals surface area contributed by atoms with Crippen molar-refractivity contribution in [1.29, 1.82) is 0 Å². The lowest BCUT2D eigenvalue weighted by Crippen LogP contribution is -2.14. The average molecular weight is 254 g/mol. The molecule has 8 heteroatoms. The van der Waals surface area contributed by atoms with Crippen molar-refractivity contribution < 1.29 is 13.5 Å². The standard InChI is InChI=1S/C9H10N4O3S/c14-6-7-4-8(5-12-7)17(15,16)13-9-10-2-1-3-11-9/h1-5,12,14H,6H2,(H,10,11,13). The molecule has 2 heterocycles. The van der Waals surface area contributed by atoms with Crippen LogP contribution in [0.1, 0.15) is 5.69 Å². The van der Waals surface area contributed by atoms with Gasteiger partial charge in [-0.2, -0.15) is 0 Å². The summed E-state index contributed by atoms with van der Waals surface area (Å²) in [5.41, 5.74) is 0.416. The molecule has 2 rings (SSSR count). The topological polar surface area (TPSA) is 108 Å². The van der Waals surface area contributed by atoms with Gasteiger partial charge in [-0.25, -0.2) is 23.1 Å². The minimum Gasteiger partial charge on any atom is -0.390 e. The van der Waals surface area contributed by atoms with Crippen LogP contribution in [0.4, 0.5) is 5.95 Å². The van der Waals surface area contributed by atoms with Crippen LogP contribution in [0.5, 0.6) is 0 Å². The molecule has 7 nitrogen and oxygen atoms in total. The molecule has 3 N–H and O–H groups in total. The Hall–Kier alpha value is -1.93. The molecule has 0 fully saturated rings. The van der Waals surface area contributed by atoms with Gasteiger partial charge < -0.3 is 10.1 Å². The SMILES string of the molecule is O=S(=O)(Nc1ncccn1)c1c[nH]c(CO)c1. The average Bonchev–Trinajstić information content (AvgIpc) is 2.79. The molecule has 0 bridgehead atoms. The first-order chi connectivity index (χ1) is 8.12. The van der Waals surface area contributed by atoms with Crippen LogP contribution < -0.4 is 4.72 Å². The number of nitrogens with one attached hydrogen (secondary N) is 2. The van der Waals surface area contributed by atoms with Gasteiger partial charge >= 0.3 is 0 Å². The van der Waals surface area contributed by atoms with E-state index in [2.05, 4.69) is 19.7 Å². The smallest absolute Gasteiger partial charge is 0.265 e. The third-order valence-corrected chi connectivity index (χ3v) is 3.30. The summed E-state index contributed by atoms with van der Waals surface area (Å²) in [5, 5.41) is 8.84. The monoisotopic (exact) mass is 254 g/mol. The fourth-order valence-electron chi connectivity index (χ4n) is 1.20. The highest BCUT2D eigenvalue weighted by Gasteiger charge is 2.16. The molecule has 0 unspecified atom stereocenters. The van der Waals surface area contributed by atoms with Crippen molar-refractivity contribution >= 4 is 16.0 Å². The molecule has 0 aliphatic carbocycles. The summed E-state index contributed by atoms with van der Waals surface area (Å²) in [6.07, 6.45) is 4.15. The number of aromatic nitrogens is 3. The molecular formula is C9H10N4O3S. The molecule has 0 amide bonds. The Morgan fingerprint density at radius 1 is 1.35 bits per heavy atom. The van der Waals surface area contributed by atoms with Crippen molar-refractivity contribution in [1.82, 2.24) is 15.0 Å². The van der Waals surface area contributed by atoms with E-state index in [1.165, 1.54) is 24.7 Å². The van der Waals surface area contributed by atoms with Crippen LogP contribution in [-0.4, -0.2) is 28.5 Å². The third-order valence-electron chi connectivity index (χ3n) is 1.99. The second-order valence-electron chi connectivity index (χ2n) is 3.20. The van der Waals surface area contributed by atoms with E-state index in [4.69, 9.17) is 5.11 Å². The molecule has 2 aromatic rings. The quantitative estimate of drug-likeness (QED) is 0.717. The van der Waals surface area contributed by atoms with E-state index in [1.807, 2.05) is 0 Å². The lowest BCUT2D eigenvalue weighted by Gasteiger charge is -2.03. The predicted octanol–water partition coefficient (Wildman–Crippen LogP) is 0.0978. The molecule has 17 heavy (non-hydrogen) atoms. The van der Waals surface area contributed by atoms with Crippen LogP contribution in [0.15, 0.2) is 35.6 Å². The number of sulfonamides is 1. The summed E-state index contributed by atoms with van der Waals surface area (Å²) in [4.78, 5) is 10.2. The Morgan fingerprint density at radius 3 is 2.65 bits per heavy atom. The van der Waals surface area contributed by atoms with Gasteiger partial charge in [-0.05, 0) is 12.1 Å². The van der Waals surface area contributed by atoms with Gasteiger partial charge in [-0.15, -0.1) is 0 Å². The molecule has 0 aliphatic heterocycles. The van der Waals surface area contributed by atoms with Crippen molar-refractivity contribution in [3.05, 3.63) is 36.4 Å². The lowest BCUT2D eigenvalue weighted by atomic mass is 10.5. The minimum absolute atomic E-state index is 0.000696. The number of hydrogen-bond acceptors (Lipinski definition) is 5. The van der Waals surface area contributed by atoms with E-state index in [0.717, 1.165) is 0 Å². The van der Waals surface area contributed by atoms with E-state index in [-0.39, 0.29) is 17.5 Å². The van der Waals surface area contributed by atoms with Gasteiger partial charge in [0.15, 0.2) is 0 Å². The first-order valence-electron chi connectivity index (χ1n) is 4.70. The second-order valence-corrected chi connectivity index (χ2v) is 4.88. The summed E-state index contributed by atoms with van der Waals surface area (Å²) in [5.74, 6) is -0.000696. The number of aliphatic hydroxyl groups excluding tert-OH is 1. The normalized spacial score (nSPS) is 11.4. The second kappa shape index (κ2) is 4.52. The Bertz CT molecular complexity index is 594. The fraction of sp³-hybridized carbons (Fsp3) is 0.111. The number of H-pyrrole nitrogens is 1. The number of nitrogens with zero attached hydrogens (tertiary/aromatic N) is 2. The molecule has 0 spiro atoms. The van der Waals surface area contributed by atoms with Crippen LogP contribution in [0, 0.1) is 0 Å². The summed E-state index contributed by atoms with van der Waals surface area (Å²) in [6.45, 7) is -0.253. The van der Waals surface area contributed by atoms with E-state index in [0.29, 0.717) is 5.69 Å². The van der Waals surface area contributed by atoms with Crippen LogP contribution in [0.25, 0.3) is 0 Å². The van der Waals surface area contributed by atoms with Gasteiger partial charge in [0, 0.05) is 24.3 Å². The van der Waals surface area contributed by atoms with E-state index >= 15 is 0 Å². The molecule has 0 atom stereocenters. The Morgan fingerprint density at radius 2 is 2.06 bits per heavy atom. The fourth-order valence-corrected chi connectivity index (χ4v) is 2.17. The highest BCUT2D eigenvalue weighted by atomic mass is 32.2. The van der Waals surface area contributed by atoms with Gasteiger partial charge in [0.1, 0.15) is 4.90 Å². The van der Waals surface area contributed by atoms with Gasteiger partial charge in [0.25, 0.3) is 10.0 Å². The molecular weight excluding hydrogens is 244 g/mol. The van der Waals surface area contributed by atoms with Crippen LogP contribution in [0.3, 0.4) is 0 Å². The molecule has 0 aromatic carbocycles. The summed E-state index contributed by atoms with van der Waals surface area (Å²) >= 11 is 0. The van der Waals surface area contributed by atoms with Crippen molar-refractivity contribution in [2.75, 3.05) is 4.72 Å². The largest absolute Gasteiger partial charge is 0.390 e. The molecule has 0 radical (unpaired) electrons. The predicted molar refractivity (Wildman–Crippen MR) is 59.6 cm³/mol. The van der Waals surface area contributed by atoms with E-state index in [1.54, 1.807) is 6.07 Å². The first-order valence-corrected chi connectivity index (χ1v) is 6.18. The van der Waals surface area contributed by atoms with Crippen molar-refractivity contribution in [3.8, 4) is 0 Å². The van der Waals surface area contributed by atoms with E-state index in [9.17, 15) is 8.42 Å². The molecule has 2 aromatic heterocycles. The van der Waals surface area contributed by atoms with Gasteiger partial charge in [-0.3, -0.25) is 0 Å². The molecule has 0 saturated carbocycles. The molecule has 90 valence electrons. The van der Waals surface area contributed by atoms with Crippen molar-refractivity contribution in [2.24, 2.45) is 0 Å². The van der Waals surface area contributed by atoms with E-state index < -0.39 is 10.0 Å². The highest BCUT2D eigenvalue weighted by Crippen LogP contribution is 2.13.